The number of cyclic esters (lactones) is 1. The summed E-state index contributed by atoms with van der Waals surface area (Å²) in [6.07, 6.45) is 2.33. The second-order valence-electron chi connectivity index (χ2n) is 6.94. The summed E-state index contributed by atoms with van der Waals surface area (Å²) < 4.78 is 17.6. The Morgan fingerprint density at radius 1 is 1.28 bits per heavy atom. The summed E-state index contributed by atoms with van der Waals surface area (Å²) in [5.41, 5.74) is 7.05. The molecule has 1 aromatic carbocycles. The lowest BCUT2D eigenvalue weighted by atomic mass is 9.91. The minimum atomic E-state index is -0.744. The molecule has 2 N–H and O–H groups in total. The third kappa shape index (κ3) is 6.10. The fraction of sp³-hybridized carbons (Fsp3) is 0.650. The number of hydrogen-bond donors (Lipinski definition) is 1. The van der Waals surface area contributed by atoms with Crippen LogP contribution in [0.25, 0.3) is 0 Å². The van der Waals surface area contributed by atoms with E-state index in [2.05, 4.69) is 26.0 Å². The standard InChI is InChI=1S/C20H31NO4/c1-4-8-14(2)24-19-15(3)25-20(22)18(21)13-23-12-17(19)11-16-9-6-5-7-10-16/h5-7,9-10,14-15,17-19H,4,8,11-13,21H2,1-3H3/t14?,15-,17-,18-,19-/m0/s1. The van der Waals surface area contributed by atoms with Gasteiger partial charge in [0.05, 0.1) is 25.4 Å². The maximum absolute atomic E-state index is 12.1. The van der Waals surface area contributed by atoms with Gasteiger partial charge < -0.3 is 19.9 Å². The fourth-order valence-corrected chi connectivity index (χ4v) is 3.29. The third-order valence-electron chi connectivity index (χ3n) is 4.59. The van der Waals surface area contributed by atoms with E-state index in [1.54, 1.807) is 0 Å². The first-order valence-electron chi connectivity index (χ1n) is 9.24. The molecule has 5 atom stereocenters. The molecule has 1 unspecified atom stereocenters. The van der Waals surface area contributed by atoms with Crippen LogP contribution in [-0.4, -0.2) is 43.5 Å². The number of esters is 1. The summed E-state index contributed by atoms with van der Waals surface area (Å²) in [6.45, 7) is 6.76. The average Bonchev–Trinajstić information content (AvgIpc) is 2.63. The maximum Gasteiger partial charge on any atom is 0.325 e. The minimum absolute atomic E-state index is 0.0924. The van der Waals surface area contributed by atoms with Crippen molar-refractivity contribution in [2.75, 3.05) is 13.2 Å². The lowest BCUT2D eigenvalue weighted by Crippen LogP contribution is -2.43. The molecule has 1 fully saturated rings. The number of carbonyl (C=O) groups excluding carboxylic acids is 1. The molecule has 0 amide bonds. The molecule has 0 spiro atoms. The first-order valence-corrected chi connectivity index (χ1v) is 9.24. The number of rotatable bonds is 6. The highest BCUT2D eigenvalue weighted by molar-refractivity contribution is 5.75. The van der Waals surface area contributed by atoms with Crippen molar-refractivity contribution in [2.24, 2.45) is 11.7 Å². The molecule has 2 rings (SSSR count). The van der Waals surface area contributed by atoms with E-state index in [1.807, 2.05) is 25.1 Å². The Morgan fingerprint density at radius 2 is 2.00 bits per heavy atom. The van der Waals surface area contributed by atoms with E-state index < -0.39 is 12.0 Å². The van der Waals surface area contributed by atoms with Crippen LogP contribution < -0.4 is 5.73 Å². The Balaban J connectivity index is 2.19. The van der Waals surface area contributed by atoms with Crippen LogP contribution in [-0.2, 0) is 25.4 Å². The van der Waals surface area contributed by atoms with Gasteiger partial charge in [-0.15, -0.1) is 0 Å². The first-order chi connectivity index (χ1) is 12.0. The van der Waals surface area contributed by atoms with Crippen LogP contribution >= 0.6 is 0 Å². The second-order valence-corrected chi connectivity index (χ2v) is 6.94. The lowest BCUT2D eigenvalue weighted by Gasteiger charge is -2.33. The van der Waals surface area contributed by atoms with E-state index >= 15 is 0 Å². The summed E-state index contributed by atoms with van der Waals surface area (Å²) >= 11 is 0. The summed E-state index contributed by atoms with van der Waals surface area (Å²) in [6, 6.07) is 9.51. The molecule has 5 nitrogen and oxygen atoms in total. The predicted octanol–water partition coefficient (Wildman–Crippen LogP) is 2.71. The number of nitrogens with two attached hydrogens (primary N) is 1. The largest absolute Gasteiger partial charge is 0.459 e. The molecule has 1 saturated heterocycles. The van der Waals surface area contributed by atoms with Crippen molar-refractivity contribution >= 4 is 5.97 Å². The third-order valence-corrected chi connectivity index (χ3v) is 4.59. The quantitative estimate of drug-likeness (QED) is 0.800. The van der Waals surface area contributed by atoms with Crippen molar-refractivity contribution in [3.05, 3.63) is 35.9 Å². The lowest BCUT2D eigenvalue weighted by molar-refractivity contribution is -0.163. The van der Waals surface area contributed by atoms with Crippen molar-refractivity contribution in [2.45, 2.75) is 64.4 Å². The highest BCUT2D eigenvalue weighted by Gasteiger charge is 2.34. The van der Waals surface area contributed by atoms with Gasteiger partial charge in [0.15, 0.2) is 0 Å². The Kier molecular flexibility index (Phi) is 7.88. The van der Waals surface area contributed by atoms with Gasteiger partial charge in [0.25, 0.3) is 0 Å². The molecule has 0 aromatic heterocycles. The number of carbonyl (C=O) groups is 1. The maximum atomic E-state index is 12.1. The average molecular weight is 349 g/mol. The van der Waals surface area contributed by atoms with E-state index in [4.69, 9.17) is 19.9 Å². The van der Waals surface area contributed by atoms with Crippen LogP contribution in [0.15, 0.2) is 30.3 Å². The van der Waals surface area contributed by atoms with Gasteiger partial charge in [0, 0.05) is 5.92 Å². The zero-order chi connectivity index (χ0) is 18.2. The Morgan fingerprint density at radius 3 is 2.68 bits per heavy atom. The van der Waals surface area contributed by atoms with E-state index in [9.17, 15) is 4.79 Å². The molecule has 1 aliphatic heterocycles. The van der Waals surface area contributed by atoms with Crippen molar-refractivity contribution in [3.63, 3.8) is 0 Å². The van der Waals surface area contributed by atoms with Crippen LogP contribution in [0, 0.1) is 5.92 Å². The minimum Gasteiger partial charge on any atom is -0.459 e. The van der Waals surface area contributed by atoms with E-state index in [0.717, 1.165) is 19.3 Å². The van der Waals surface area contributed by atoms with Crippen molar-refractivity contribution < 1.29 is 19.0 Å². The summed E-state index contributed by atoms with van der Waals surface area (Å²) in [7, 11) is 0. The Labute approximate surface area is 150 Å². The molecule has 0 aliphatic carbocycles. The fourth-order valence-electron chi connectivity index (χ4n) is 3.29. The zero-order valence-electron chi connectivity index (χ0n) is 15.5. The van der Waals surface area contributed by atoms with Gasteiger partial charge in [-0.1, -0.05) is 43.7 Å². The predicted molar refractivity (Wildman–Crippen MR) is 97.2 cm³/mol. The van der Waals surface area contributed by atoms with E-state index in [1.165, 1.54) is 5.56 Å². The molecule has 1 aromatic rings. The zero-order valence-corrected chi connectivity index (χ0v) is 15.5. The Hall–Kier alpha value is -1.43. The van der Waals surface area contributed by atoms with Crippen molar-refractivity contribution in [3.8, 4) is 0 Å². The summed E-state index contributed by atoms with van der Waals surface area (Å²) in [4.78, 5) is 12.1. The van der Waals surface area contributed by atoms with Gasteiger partial charge in [0.2, 0.25) is 0 Å². The van der Waals surface area contributed by atoms with E-state index in [0.29, 0.717) is 6.61 Å². The van der Waals surface area contributed by atoms with Gasteiger partial charge in [0.1, 0.15) is 12.1 Å². The number of benzene rings is 1. The monoisotopic (exact) mass is 349 g/mol. The van der Waals surface area contributed by atoms with Crippen LogP contribution in [0.3, 0.4) is 0 Å². The molecule has 140 valence electrons. The van der Waals surface area contributed by atoms with Crippen LogP contribution in [0.5, 0.6) is 0 Å². The molecule has 5 heteroatoms. The van der Waals surface area contributed by atoms with Crippen molar-refractivity contribution in [1.82, 2.24) is 0 Å². The molecular weight excluding hydrogens is 318 g/mol. The highest BCUT2D eigenvalue weighted by atomic mass is 16.6. The van der Waals surface area contributed by atoms with Crippen LogP contribution in [0.2, 0.25) is 0 Å². The summed E-state index contributed by atoms with van der Waals surface area (Å²) in [5, 5.41) is 0. The smallest absolute Gasteiger partial charge is 0.325 e. The van der Waals surface area contributed by atoms with E-state index in [-0.39, 0.29) is 30.8 Å². The normalized spacial score (nSPS) is 29.2. The molecule has 0 saturated carbocycles. The number of hydrogen-bond acceptors (Lipinski definition) is 5. The molecule has 25 heavy (non-hydrogen) atoms. The molecule has 1 aliphatic rings. The molecule has 0 radical (unpaired) electrons. The van der Waals surface area contributed by atoms with Gasteiger partial charge in [-0.2, -0.15) is 0 Å². The SMILES string of the molecule is CCCC(C)O[C@@H]1[C@@H](Cc2ccccc2)COC[C@H](N)C(=O)O[C@H]1C. The van der Waals surface area contributed by atoms with Gasteiger partial charge in [-0.3, -0.25) is 4.79 Å². The van der Waals surface area contributed by atoms with Gasteiger partial charge in [-0.25, -0.2) is 0 Å². The summed E-state index contributed by atoms with van der Waals surface area (Å²) in [5.74, 6) is -0.334. The molecular formula is C20H31NO4. The van der Waals surface area contributed by atoms with Crippen molar-refractivity contribution in [1.29, 1.82) is 0 Å². The first kappa shape index (κ1) is 19.9. The molecule has 1 heterocycles. The van der Waals surface area contributed by atoms with Gasteiger partial charge in [-0.05, 0) is 32.3 Å². The number of ether oxygens (including phenoxy) is 3. The van der Waals surface area contributed by atoms with Gasteiger partial charge >= 0.3 is 5.97 Å². The molecule has 0 bridgehead atoms. The second kappa shape index (κ2) is 9.90. The highest BCUT2D eigenvalue weighted by Crippen LogP contribution is 2.24. The Bertz CT molecular complexity index is 522. The van der Waals surface area contributed by atoms with Crippen LogP contribution in [0.4, 0.5) is 0 Å². The topological polar surface area (TPSA) is 70.8 Å². The van der Waals surface area contributed by atoms with Crippen LogP contribution in [0.1, 0.15) is 39.2 Å².